The Bertz CT molecular complexity index is 428. The molecule has 0 amide bonds. The lowest BCUT2D eigenvalue weighted by atomic mass is 9.97. The lowest BCUT2D eigenvalue weighted by molar-refractivity contribution is -0.177. The van der Waals surface area contributed by atoms with E-state index in [1.54, 1.807) is 0 Å². The maximum absolute atomic E-state index is 11.7. The molecular weight excluding hydrogens is 336 g/mol. The molecule has 6 heteroatoms. The smallest absolute Gasteiger partial charge is 0.353 e. The zero-order valence-corrected chi connectivity index (χ0v) is 16.6. The lowest BCUT2D eigenvalue weighted by Crippen LogP contribution is -2.49. The van der Waals surface area contributed by atoms with Crippen LogP contribution in [0.3, 0.4) is 0 Å². The van der Waals surface area contributed by atoms with Gasteiger partial charge >= 0.3 is 11.9 Å². The van der Waals surface area contributed by atoms with Crippen LogP contribution in [0.4, 0.5) is 0 Å². The summed E-state index contributed by atoms with van der Waals surface area (Å²) in [5, 5.41) is 18.9. The van der Waals surface area contributed by atoms with Gasteiger partial charge in [0.15, 0.2) is 0 Å². The molecule has 0 bridgehead atoms. The minimum Gasteiger partial charge on any atom is -0.391 e. The molecule has 0 rings (SSSR count). The van der Waals surface area contributed by atoms with Gasteiger partial charge in [0.2, 0.25) is 11.4 Å². The van der Waals surface area contributed by atoms with E-state index >= 15 is 0 Å². The van der Waals surface area contributed by atoms with Crippen molar-refractivity contribution in [2.75, 3.05) is 0 Å². The van der Waals surface area contributed by atoms with Gasteiger partial charge in [0.1, 0.15) is 6.10 Å². The lowest BCUT2D eigenvalue weighted by Gasteiger charge is -2.20. The molecule has 2 atom stereocenters. The Kier molecular flexibility index (Phi) is 13.2. The van der Waals surface area contributed by atoms with Crippen molar-refractivity contribution >= 4 is 17.7 Å². The summed E-state index contributed by atoms with van der Waals surface area (Å²) in [5.41, 5.74) is -2.51. The molecule has 0 radical (unpaired) electrons. The van der Waals surface area contributed by atoms with Crippen molar-refractivity contribution in [1.82, 2.24) is 0 Å². The zero-order chi connectivity index (χ0) is 20.0. The van der Waals surface area contributed by atoms with E-state index in [9.17, 15) is 19.5 Å². The number of hydrogen-bond donors (Lipinski definition) is 2. The maximum Gasteiger partial charge on any atom is 0.353 e. The molecule has 6 nitrogen and oxygen atoms in total. The highest BCUT2D eigenvalue weighted by Crippen LogP contribution is 2.14. The third-order valence-electron chi connectivity index (χ3n) is 4.45. The fourth-order valence-corrected chi connectivity index (χ4v) is 2.69. The molecule has 2 unspecified atom stereocenters. The number of aliphatic hydroxyl groups excluding tert-OH is 1. The van der Waals surface area contributed by atoms with Crippen LogP contribution in [0, 0.1) is 0 Å². The SMILES string of the molecule is CCCCCCCCCCCCCC(=O)OC(=O)C(C)(O)C(=O)C(C)O. The van der Waals surface area contributed by atoms with Crippen molar-refractivity contribution in [2.45, 2.75) is 110 Å². The molecule has 152 valence electrons. The number of ether oxygens (including phenoxy) is 1. The van der Waals surface area contributed by atoms with Crippen molar-refractivity contribution in [1.29, 1.82) is 0 Å². The average molecular weight is 373 g/mol. The minimum atomic E-state index is -2.51. The van der Waals surface area contributed by atoms with Crippen LogP contribution in [0.25, 0.3) is 0 Å². The summed E-state index contributed by atoms with van der Waals surface area (Å²) in [6.07, 6.45) is 11.2. The Morgan fingerprint density at radius 3 is 1.73 bits per heavy atom. The highest BCUT2D eigenvalue weighted by molar-refractivity contribution is 6.10. The van der Waals surface area contributed by atoms with E-state index < -0.39 is 29.4 Å². The summed E-state index contributed by atoms with van der Waals surface area (Å²) in [4.78, 5) is 34.9. The van der Waals surface area contributed by atoms with Crippen molar-refractivity contribution < 1.29 is 29.3 Å². The fourth-order valence-electron chi connectivity index (χ4n) is 2.69. The number of ketones is 1. The second kappa shape index (κ2) is 13.9. The van der Waals surface area contributed by atoms with Gasteiger partial charge in [-0.3, -0.25) is 9.59 Å². The molecule has 0 saturated heterocycles. The molecule has 0 aromatic heterocycles. The number of rotatable bonds is 15. The Hall–Kier alpha value is -1.27. The second-order valence-electron chi connectivity index (χ2n) is 7.16. The van der Waals surface area contributed by atoms with Crippen LogP contribution in [0.2, 0.25) is 0 Å². The Balaban J connectivity index is 3.75. The van der Waals surface area contributed by atoms with Gasteiger partial charge in [0, 0.05) is 6.42 Å². The summed E-state index contributed by atoms with van der Waals surface area (Å²) in [5.74, 6) is -3.19. The van der Waals surface area contributed by atoms with E-state index in [2.05, 4.69) is 11.7 Å². The van der Waals surface area contributed by atoms with Crippen LogP contribution in [-0.2, 0) is 19.1 Å². The van der Waals surface area contributed by atoms with Crippen molar-refractivity contribution in [2.24, 2.45) is 0 Å². The first-order valence-electron chi connectivity index (χ1n) is 9.93. The molecule has 0 aliphatic heterocycles. The van der Waals surface area contributed by atoms with Crippen LogP contribution in [0.15, 0.2) is 0 Å². The van der Waals surface area contributed by atoms with Crippen molar-refractivity contribution in [3.8, 4) is 0 Å². The van der Waals surface area contributed by atoms with E-state index in [-0.39, 0.29) is 6.42 Å². The molecule has 0 aromatic rings. The number of hydrogen-bond acceptors (Lipinski definition) is 6. The molecule has 0 aliphatic rings. The zero-order valence-electron chi connectivity index (χ0n) is 16.6. The quantitative estimate of drug-likeness (QED) is 0.259. The first-order chi connectivity index (χ1) is 12.2. The van der Waals surface area contributed by atoms with Gasteiger partial charge in [-0.1, -0.05) is 71.1 Å². The molecule has 0 saturated carbocycles. The minimum absolute atomic E-state index is 0.0711. The van der Waals surface area contributed by atoms with E-state index in [0.29, 0.717) is 6.42 Å². The summed E-state index contributed by atoms with van der Waals surface area (Å²) >= 11 is 0. The van der Waals surface area contributed by atoms with Gasteiger partial charge in [-0.2, -0.15) is 0 Å². The topological polar surface area (TPSA) is 101 Å². The molecule has 0 aliphatic carbocycles. The van der Waals surface area contributed by atoms with E-state index in [1.807, 2.05) is 0 Å². The maximum atomic E-state index is 11.7. The molecule has 0 heterocycles. The van der Waals surface area contributed by atoms with Crippen LogP contribution < -0.4 is 0 Å². The van der Waals surface area contributed by atoms with Gasteiger partial charge in [-0.05, 0) is 20.3 Å². The van der Waals surface area contributed by atoms with E-state index in [1.165, 1.54) is 44.9 Å². The monoisotopic (exact) mass is 372 g/mol. The third-order valence-corrected chi connectivity index (χ3v) is 4.45. The number of esters is 2. The molecular formula is C20H36O6. The standard InChI is InChI=1S/C20H36O6/c1-4-5-6-7-8-9-10-11-12-13-14-15-17(22)26-19(24)20(3,25)18(23)16(2)21/h16,21,25H,4-15H2,1-3H3. The highest BCUT2D eigenvalue weighted by atomic mass is 16.6. The Labute approximate surface area is 157 Å². The van der Waals surface area contributed by atoms with Crippen LogP contribution in [0.5, 0.6) is 0 Å². The summed E-state index contributed by atoms with van der Waals surface area (Å²) in [7, 11) is 0. The average Bonchev–Trinajstić information content (AvgIpc) is 2.58. The largest absolute Gasteiger partial charge is 0.391 e. The molecule has 0 fully saturated rings. The second-order valence-corrected chi connectivity index (χ2v) is 7.16. The number of Topliss-reactive ketones (excluding diaryl/α,β-unsaturated/α-hetero) is 1. The number of aliphatic hydroxyl groups is 2. The van der Waals surface area contributed by atoms with Gasteiger partial charge in [0.05, 0.1) is 0 Å². The van der Waals surface area contributed by atoms with Gasteiger partial charge in [-0.15, -0.1) is 0 Å². The van der Waals surface area contributed by atoms with Gasteiger partial charge < -0.3 is 14.9 Å². The van der Waals surface area contributed by atoms with Gasteiger partial charge in [0.25, 0.3) is 0 Å². The number of unbranched alkanes of at least 4 members (excludes halogenated alkanes) is 10. The van der Waals surface area contributed by atoms with Crippen molar-refractivity contribution in [3.05, 3.63) is 0 Å². The Morgan fingerprint density at radius 1 is 0.885 bits per heavy atom. The summed E-state index contributed by atoms with van der Waals surface area (Å²) < 4.78 is 4.52. The van der Waals surface area contributed by atoms with Crippen LogP contribution >= 0.6 is 0 Å². The first-order valence-corrected chi connectivity index (χ1v) is 9.93. The highest BCUT2D eigenvalue weighted by Gasteiger charge is 2.43. The predicted octanol–water partition coefficient (Wildman–Crippen LogP) is 3.46. The predicted molar refractivity (Wildman–Crippen MR) is 99.5 cm³/mol. The van der Waals surface area contributed by atoms with E-state index in [0.717, 1.165) is 33.1 Å². The molecule has 2 N–H and O–H groups in total. The first kappa shape index (κ1) is 24.7. The summed E-state index contributed by atoms with van der Waals surface area (Å²) in [6, 6.07) is 0. The summed E-state index contributed by atoms with van der Waals surface area (Å²) in [6.45, 7) is 4.26. The van der Waals surface area contributed by atoms with E-state index in [4.69, 9.17) is 5.11 Å². The number of carbonyl (C=O) groups excluding carboxylic acids is 3. The molecule has 0 spiro atoms. The van der Waals surface area contributed by atoms with Gasteiger partial charge in [-0.25, -0.2) is 4.79 Å². The fraction of sp³-hybridized carbons (Fsp3) is 0.850. The normalized spacial score (nSPS) is 14.5. The van der Waals surface area contributed by atoms with Crippen molar-refractivity contribution in [3.63, 3.8) is 0 Å². The number of carbonyl (C=O) groups is 3. The van der Waals surface area contributed by atoms with Crippen LogP contribution in [-0.4, -0.2) is 39.6 Å². The Morgan fingerprint density at radius 2 is 1.31 bits per heavy atom. The molecule has 0 aromatic carbocycles. The molecule has 26 heavy (non-hydrogen) atoms. The third kappa shape index (κ3) is 10.7. The van der Waals surface area contributed by atoms with Crippen LogP contribution in [0.1, 0.15) is 97.8 Å².